The van der Waals surface area contributed by atoms with Crippen molar-refractivity contribution < 1.29 is 28.6 Å². The molecule has 0 aromatic heterocycles. The lowest BCUT2D eigenvalue weighted by atomic mass is 10.0. The lowest BCUT2D eigenvalue weighted by Gasteiger charge is -2.18. The molecular weight excluding hydrogens is 817 g/mol. The van der Waals surface area contributed by atoms with Crippen LogP contribution in [-0.4, -0.2) is 37.2 Å². The SMILES string of the molecule is CCCCCC/C=C\C/C=C\CCCCCCCCCC(=O)OC(COC(=O)CCCCCCC)COC(=O)CCCCCCCCCCCCCCCCCCCCCCCCCCC. The molecule has 0 radical (unpaired) electrons. The quantitative estimate of drug-likeness (QED) is 0.0262. The van der Waals surface area contributed by atoms with Crippen molar-refractivity contribution in [3.8, 4) is 0 Å². The van der Waals surface area contributed by atoms with Gasteiger partial charge >= 0.3 is 17.9 Å². The molecule has 0 bridgehead atoms. The van der Waals surface area contributed by atoms with Crippen molar-refractivity contribution in [3.05, 3.63) is 24.3 Å². The third-order valence-electron chi connectivity index (χ3n) is 13.2. The van der Waals surface area contributed by atoms with E-state index in [9.17, 15) is 14.4 Å². The van der Waals surface area contributed by atoms with Crippen molar-refractivity contribution in [1.82, 2.24) is 0 Å². The Labute approximate surface area is 411 Å². The van der Waals surface area contributed by atoms with Crippen LogP contribution in [0.2, 0.25) is 0 Å². The summed E-state index contributed by atoms with van der Waals surface area (Å²) in [6, 6.07) is 0. The fourth-order valence-electron chi connectivity index (χ4n) is 8.77. The van der Waals surface area contributed by atoms with Gasteiger partial charge in [0, 0.05) is 19.3 Å². The molecule has 0 spiro atoms. The maximum Gasteiger partial charge on any atom is 0.306 e. The van der Waals surface area contributed by atoms with Crippen molar-refractivity contribution in [2.45, 2.75) is 329 Å². The van der Waals surface area contributed by atoms with Crippen molar-refractivity contribution in [1.29, 1.82) is 0 Å². The Hall–Kier alpha value is -2.11. The number of ether oxygens (including phenoxy) is 3. The molecule has 0 aliphatic carbocycles. The van der Waals surface area contributed by atoms with Crippen LogP contribution in [-0.2, 0) is 28.6 Å². The lowest BCUT2D eigenvalue weighted by molar-refractivity contribution is -0.167. The van der Waals surface area contributed by atoms with Gasteiger partial charge in [0.1, 0.15) is 13.2 Å². The molecule has 0 saturated heterocycles. The summed E-state index contributed by atoms with van der Waals surface area (Å²) in [5, 5.41) is 0. The Bertz CT molecular complexity index is 1070. The third kappa shape index (κ3) is 52.9. The molecule has 66 heavy (non-hydrogen) atoms. The molecule has 0 aliphatic rings. The van der Waals surface area contributed by atoms with E-state index in [1.165, 1.54) is 205 Å². The Kier molecular flexibility index (Phi) is 53.7. The van der Waals surface area contributed by atoms with Gasteiger partial charge in [-0.25, -0.2) is 0 Å². The van der Waals surface area contributed by atoms with Gasteiger partial charge in [-0.3, -0.25) is 14.4 Å². The molecule has 388 valence electrons. The molecule has 0 aromatic rings. The Morgan fingerprint density at radius 1 is 0.303 bits per heavy atom. The molecule has 6 heteroatoms. The van der Waals surface area contributed by atoms with E-state index in [0.717, 1.165) is 77.0 Å². The van der Waals surface area contributed by atoms with E-state index in [1.54, 1.807) is 0 Å². The first-order valence-electron chi connectivity index (χ1n) is 29.3. The van der Waals surface area contributed by atoms with E-state index < -0.39 is 6.10 Å². The van der Waals surface area contributed by atoms with Gasteiger partial charge in [0.15, 0.2) is 6.10 Å². The summed E-state index contributed by atoms with van der Waals surface area (Å²) >= 11 is 0. The zero-order valence-corrected chi connectivity index (χ0v) is 44.5. The summed E-state index contributed by atoms with van der Waals surface area (Å²) < 4.78 is 16.7. The molecule has 0 amide bonds. The Balaban J connectivity index is 4.02. The summed E-state index contributed by atoms with van der Waals surface area (Å²) in [5.74, 6) is -0.875. The van der Waals surface area contributed by atoms with Crippen molar-refractivity contribution in [3.63, 3.8) is 0 Å². The van der Waals surface area contributed by atoms with E-state index in [-0.39, 0.29) is 31.1 Å². The predicted octanol–water partition coefficient (Wildman–Crippen LogP) is 19.5. The number of hydrogen-bond acceptors (Lipinski definition) is 6. The highest BCUT2D eigenvalue weighted by Crippen LogP contribution is 2.17. The van der Waals surface area contributed by atoms with E-state index in [4.69, 9.17) is 14.2 Å². The maximum atomic E-state index is 12.8. The summed E-state index contributed by atoms with van der Waals surface area (Å²) in [6.45, 7) is 6.58. The zero-order chi connectivity index (χ0) is 47.9. The molecule has 1 unspecified atom stereocenters. The van der Waals surface area contributed by atoms with Crippen LogP contribution in [0.3, 0.4) is 0 Å². The second kappa shape index (κ2) is 55.5. The van der Waals surface area contributed by atoms with E-state index in [1.807, 2.05) is 0 Å². The van der Waals surface area contributed by atoms with Gasteiger partial charge in [0.25, 0.3) is 0 Å². The maximum absolute atomic E-state index is 12.8. The second-order valence-corrected chi connectivity index (χ2v) is 19.9. The van der Waals surface area contributed by atoms with Crippen molar-refractivity contribution in [2.24, 2.45) is 0 Å². The van der Waals surface area contributed by atoms with Crippen LogP contribution in [0.5, 0.6) is 0 Å². The lowest BCUT2D eigenvalue weighted by Crippen LogP contribution is -2.30. The summed E-state index contributed by atoms with van der Waals surface area (Å²) in [5.41, 5.74) is 0. The zero-order valence-electron chi connectivity index (χ0n) is 44.5. The molecule has 0 aromatic carbocycles. The number of esters is 3. The first-order chi connectivity index (χ1) is 32.5. The first-order valence-corrected chi connectivity index (χ1v) is 29.3. The van der Waals surface area contributed by atoms with Crippen LogP contribution < -0.4 is 0 Å². The Morgan fingerprint density at radius 2 is 0.545 bits per heavy atom. The molecular formula is C60H112O6. The van der Waals surface area contributed by atoms with Gasteiger partial charge in [-0.05, 0) is 51.4 Å². The van der Waals surface area contributed by atoms with Gasteiger partial charge < -0.3 is 14.2 Å². The highest BCUT2D eigenvalue weighted by Gasteiger charge is 2.19. The third-order valence-corrected chi connectivity index (χ3v) is 13.2. The van der Waals surface area contributed by atoms with Gasteiger partial charge in [0.2, 0.25) is 0 Å². The summed E-state index contributed by atoms with van der Waals surface area (Å²) in [7, 11) is 0. The second-order valence-electron chi connectivity index (χ2n) is 19.9. The number of unbranched alkanes of at least 4 members (excludes halogenated alkanes) is 39. The minimum absolute atomic E-state index is 0.0706. The summed E-state index contributed by atoms with van der Waals surface area (Å²) in [6.07, 6.45) is 65.1. The fraction of sp³-hybridized carbons (Fsp3) is 0.883. The molecule has 0 aliphatic heterocycles. The van der Waals surface area contributed by atoms with Crippen LogP contribution >= 0.6 is 0 Å². The topological polar surface area (TPSA) is 78.9 Å². The molecule has 0 N–H and O–H groups in total. The van der Waals surface area contributed by atoms with Crippen LogP contribution in [0.15, 0.2) is 24.3 Å². The highest BCUT2D eigenvalue weighted by atomic mass is 16.6. The molecule has 0 heterocycles. The number of carbonyl (C=O) groups is 3. The summed E-state index contributed by atoms with van der Waals surface area (Å²) in [4.78, 5) is 37.8. The highest BCUT2D eigenvalue weighted by molar-refractivity contribution is 5.71. The van der Waals surface area contributed by atoms with Crippen molar-refractivity contribution in [2.75, 3.05) is 13.2 Å². The molecule has 0 saturated carbocycles. The first kappa shape index (κ1) is 63.9. The monoisotopic (exact) mass is 929 g/mol. The Morgan fingerprint density at radius 3 is 0.848 bits per heavy atom. The van der Waals surface area contributed by atoms with E-state index in [2.05, 4.69) is 45.1 Å². The number of rotatable bonds is 54. The van der Waals surface area contributed by atoms with Crippen LogP contribution in [0.1, 0.15) is 323 Å². The largest absolute Gasteiger partial charge is 0.462 e. The van der Waals surface area contributed by atoms with Gasteiger partial charge in [-0.1, -0.05) is 276 Å². The standard InChI is InChI=1S/C60H112O6/c1-4-7-10-13-15-17-19-21-23-25-27-28-29-30-31-32-33-35-36-38-40-42-44-47-50-53-59(62)65-56-57(55-64-58(61)52-49-46-12-9-6-3)66-60(63)54-51-48-45-43-41-39-37-34-26-24-22-20-18-16-14-11-8-5-2/h18,20,24,26,57H,4-17,19,21-23,25,27-56H2,1-3H3/b20-18-,26-24-. The smallest absolute Gasteiger partial charge is 0.306 e. The predicted molar refractivity (Wildman–Crippen MR) is 284 cm³/mol. The molecule has 6 nitrogen and oxygen atoms in total. The van der Waals surface area contributed by atoms with E-state index in [0.29, 0.717) is 19.3 Å². The molecule has 1 atom stereocenters. The fourth-order valence-corrected chi connectivity index (χ4v) is 8.77. The number of hydrogen-bond donors (Lipinski definition) is 0. The molecule has 0 rings (SSSR count). The molecule has 0 fully saturated rings. The average molecular weight is 930 g/mol. The number of allylic oxidation sites excluding steroid dienone is 4. The van der Waals surface area contributed by atoms with Crippen molar-refractivity contribution >= 4 is 17.9 Å². The van der Waals surface area contributed by atoms with Crippen LogP contribution in [0.4, 0.5) is 0 Å². The van der Waals surface area contributed by atoms with Crippen LogP contribution in [0, 0.1) is 0 Å². The van der Waals surface area contributed by atoms with Gasteiger partial charge in [0.05, 0.1) is 0 Å². The van der Waals surface area contributed by atoms with Gasteiger partial charge in [-0.2, -0.15) is 0 Å². The number of carbonyl (C=O) groups excluding carboxylic acids is 3. The average Bonchev–Trinajstić information content (AvgIpc) is 3.31. The van der Waals surface area contributed by atoms with Crippen LogP contribution in [0.25, 0.3) is 0 Å². The van der Waals surface area contributed by atoms with Gasteiger partial charge in [-0.15, -0.1) is 0 Å². The van der Waals surface area contributed by atoms with E-state index >= 15 is 0 Å². The minimum atomic E-state index is -0.768. The minimum Gasteiger partial charge on any atom is -0.462 e. The normalized spacial score (nSPS) is 12.1.